The molecule has 3 heterocycles. The SMILES string of the molecule is Cn1cc(NC(=O)c2coc(-c3cccnc3NCCOCCOCCOCCNC(=O)OC(C)(C)C)n2)c(C(F)F)n1. The van der Waals surface area contributed by atoms with Gasteiger partial charge in [-0.3, -0.25) is 9.48 Å². The predicted octanol–water partition coefficient (Wildman–Crippen LogP) is 3.65. The van der Waals surface area contributed by atoms with Crippen LogP contribution in [-0.2, 0) is 26.0 Å². The molecule has 0 unspecified atom stereocenters. The Morgan fingerprint density at radius 3 is 2.40 bits per heavy atom. The summed E-state index contributed by atoms with van der Waals surface area (Å²) < 4.78 is 54.6. The lowest BCUT2D eigenvalue weighted by atomic mass is 10.2. The van der Waals surface area contributed by atoms with Crippen LogP contribution in [0.15, 0.2) is 35.2 Å². The number of pyridine rings is 1. The van der Waals surface area contributed by atoms with Crippen LogP contribution in [0, 0.1) is 0 Å². The zero-order valence-corrected chi connectivity index (χ0v) is 24.5. The first kappa shape index (κ1) is 33.4. The first-order valence-electron chi connectivity index (χ1n) is 13.5. The van der Waals surface area contributed by atoms with Crippen molar-refractivity contribution < 1.29 is 41.7 Å². The summed E-state index contributed by atoms with van der Waals surface area (Å²) in [4.78, 5) is 32.6. The molecule has 3 N–H and O–H groups in total. The molecule has 0 aliphatic carbocycles. The molecule has 16 heteroatoms. The number of alkyl halides is 2. The maximum atomic E-state index is 13.2. The minimum absolute atomic E-state index is 0.0972. The molecule has 0 aromatic carbocycles. The van der Waals surface area contributed by atoms with E-state index in [9.17, 15) is 18.4 Å². The van der Waals surface area contributed by atoms with Gasteiger partial charge >= 0.3 is 6.09 Å². The van der Waals surface area contributed by atoms with Gasteiger partial charge in [0.25, 0.3) is 12.3 Å². The smallest absolute Gasteiger partial charge is 0.407 e. The number of nitrogens with one attached hydrogen (secondary N) is 3. The van der Waals surface area contributed by atoms with Gasteiger partial charge in [-0.1, -0.05) is 0 Å². The first-order chi connectivity index (χ1) is 20.5. The number of carbonyl (C=O) groups is 2. The zero-order chi connectivity index (χ0) is 31.2. The number of amides is 2. The van der Waals surface area contributed by atoms with Crippen LogP contribution in [0.4, 0.5) is 25.1 Å². The Kier molecular flexibility index (Phi) is 12.8. The second kappa shape index (κ2) is 16.5. The summed E-state index contributed by atoms with van der Waals surface area (Å²) in [5.41, 5.74) is -0.791. The van der Waals surface area contributed by atoms with E-state index in [0.717, 1.165) is 6.26 Å². The summed E-state index contributed by atoms with van der Waals surface area (Å²) in [6, 6.07) is 3.40. The average molecular weight is 610 g/mol. The molecule has 0 radical (unpaired) electrons. The Balaban J connectivity index is 1.31. The lowest BCUT2D eigenvalue weighted by Gasteiger charge is -2.19. The minimum atomic E-state index is -2.85. The molecule has 0 fully saturated rings. The third-order valence-electron chi connectivity index (χ3n) is 5.28. The lowest BCUT2D eigenvalue weighted by Crippen LogP contribution is -2.34. The van der Waals surface area contributed by atoms with E-state index in [2.05, 4.69) is 31.0 Å². The monoisotopic (exact) mass is 609 g/mol. The van der Waals surface area contributed by atoms with Crippen molar-refractivity contribution in [3.8, 4) is 11.5 Å². The van der Waals surface area contributed by atoms with E-state index in [1.807, 2.05) is 0 Å². The number of nitrogens with zero attached hydrogens (tertiary/aromatic N) is 4. The number of hydrogen-bond donors (Lipinski definition) is 3. The number of anilines is 2. The number of carbonyl (C=O) groups excluding carboxylic acids is 2. The molecule has 0 saturated carbocycles. The fourth-order valence-corrected chi connectivity index (χ4v) is 3.49. The average Bonchev–Trinajstić information content (AvgIpc) is 3.57. The fourth-order valence-electron chi connectivity index (χ4n) is 3.49. The molecule has 3 aromatic heterocycles. The van der Waals surface area contributed by atoms with Crippen molar-refractivity contribution in [2.75, 3.05) is 63.4 Å². The van der Waals surface area contributed by atoms with Crippen molar-refractivity contribution >= 4 is 23.5 Å². The number of oxazole rings is 1. The molecular formula is C27H37F2N7O7. The molecule has 0 bridgehead atoms. The lowest BCUT2D eigenvalue weighted by molar-refractivity contribution is 0.0157. The summed E-state index contributed by atoms with van der Waals surface area (Å²) in [6.45, 7) is 8.37. The fraction of sp³-hybridized carbons (Fsp3) is 0.519. The largest absolute Gasteiger partial charge is 0.444 e. The number of rotatable bonds is 17. The molecule has 0 saturated heterocycles. The first-order valence-corrected chi connectivity index (χ1v) is 13.5. The second-order valence-electron chi connectivity index (χ2n) is 9.99. The van der Waals surface area contributed by atoms with Crippen LogP contribution in [0.3, 0.4) is 0 Å². The van der Waals surface area contributed by atoms with Gasteiger partial charge in [-0.2, -0.15) is 5.10 Å². The maximum Gasteiger partial charge on any atom is 0.407 e. The highest BCUT2D eigenvalue weighted by molar-refractivity contribution is 6.03. The van der Waals surface area contributed by atoms with Crippen molar-refractivity contribution in [3.63, 3.8) is 0 Å². The molecule has 0 aliphatic heterocycles. The summed E-state index contributed by atoms with van der Waals surface area (Å²) in [7, 11) is 1.47. The Morgan fingerprint density at radius 2 is 1.72 bits per heavy atom. The number of hydrogen-bond acceptors (Lipinski definition) is 11. The quantitative estimate of drug-likeness (QED) is 0.191. The van der Waals surface area contributed by atoms with Crippen molar-refractivity contribution in [3.05, 3.63) is 42.2 Å². The normalized spacial score (nSPS) is 11.5. The minimum Gasteiger partial charge on any atom is -0.444 e. The molecule has 0 spiro atoms. The van der Waals surface area contributed by atoms with Gasteiger partial charge in [-0.05, 0) is 32.9 Å². The third-order valence-corrected chi connectivity index (χ3v) is 5.28. The van der Waals surface area contributed by atoms with Gasteiger partial charge in [0, 0.05) is 32.5 Å². The van der Waals surface area contributed by atoms with Gasteiger partial charge in [0.2, 0.25) is 5.89 Å². The van der Waals surface area contributed by atoms with Crippen molar-refractivity contribution in [1.29, 1.82) is 0 Å². The topological polar surface area (TPSA) is 164 Å². The highest BCUT2D eigenvalue weighted by Gasteiger charge is 2.22. The molecule has 0 atom stereocenters. The van der Waals surface area contributed by atoms with Crippen LogP contribution in [0.5, 0.6) is 0 Å². The number of alkyl carbamates (subject to hydrolysis) is 1. The van der Waals surface area contributed by atoms with E-state index in [4.69, 9.17) is 23.4 Å². The zero-order valence-electron chi connectivity index (χ0n) is 24.5. The van der Waals surface area contributed by atoms with Crippen LogP contribution in [0.2, 0.25) is 0 Å². The van der Waals surface area contributed by atoms with Crippen LogP contribution in [0.1, 0.15) is 43.4 Å². The van der Waals surface area contributed by atoms with Crippen molar-refractivity contribution in [2.45, 2.75) is 32.8 Å². The molecule has 236 valence electrons. The van der Waals surface area contributed by atoms with E-state index >= 15 is 0 Å². The van der Waals surface area contributed by atoms with E-state index in [0.29, 0.717) is 64.1 Å². The van der Waals surface area contributed by atoms with E-state index in [1.165, 1.54) is 17.9 Å². The van der Waals surface area contributed by atoms with E-state index < -0.39 is 29.7 Å². The molecule has 43 heavy (non-hydrogen) atoms. The second-order valence-corrected chi connectivity index (χ2v) is 9.99. The van der Waals surface area contributed by atoms with Gasteiger partial charge in [0.05, 0.1) is 50.9 Å². The van der Waals surface area contributed by atoms with Gasteiger partial charge in [0.15, 0.2) is 11.4 Å². The Labute approximate surface area is 247 Å². The molecule has 3 rings (SSSR count). The summed E-state index contributed by atoms with van der Waals surface area (Å²) >= 11 is 0. The third kappa shape index (κ3) is 11.6. The highest BCUT2D eigenvalue weighted by Crippen LogP contribution is 2.27. The molecular weight excluding hydrogens is 572 g/mol. The maximum absolute atomic E-state index is 13.2. The van der Waals surface area contributed by atoms with Gasteiger partial charge in [-0.25, -0.2) is 23.5 Å². The number of aromatic nitrogens is 4. The predicted molar refractivity (Wildman–Crippen MR) is 151 cm³/mol. The van der Waals surface area contributed by atoms with Crippen molar-refractivity contribution in [1.82, 2.24) is 25.1 Å². The van der Waals surface area contributed by atoms with Gasteiger partial charge in [-0.15, -0.1) is 0 Å². The van der Waals surface area contributed by atoms with Crippen LogP contribution >= 0.6 is 0 Å². The Hall–Kier alpha value is -4.15. The number of halogens is 2. The van der Waals surface area contributed by atoms with Crippen molar-refractivity contribution in [2.24, 2.45) is 7.05 Å². The van der Waals surface area contributed by atoms with E-state index in [-0.39, 0.29) is 17.3 Å². The van der Waals surface area contributed by atoms with Crippen LogP contribution in [-0.4, -0.2) is 90.1 Å². The standard InChI is InChI=1S/C27H37F2N7O7/c1-27(2,3)43-26(38)32-9-11-40-13-15-41-14-12-39-10-8-31-23-18(6-5-7-30-23)25-34-20(17-42-25)24(37)33-19-16-36(4)35-21(19)22(28)29/h5-7,16-17,22H,8-15H2,1-4H3,(H,30,31)(H,32,38)(H,33,37). The molecule has 0 aliphatic rings. The van der Waals surface area contributed by atoms with Crippen LogP contribution < -0.4 is 16.0 Å². The molecule has 3 aromatic rings. The summed E-state index contributed by atoms with van der Waals surface area (Å²) in [5.74, 6) is -0.138. The number of aryl methyl sites for hydroxylation is 1. The number of ether oxygens (including phenoxy) is 4. The molecule has 14 nitrogen and oxygen atoms in total. The summed E-state index contributed by atoms with van der Waals surface area (Å²) in [6.07, 6.45) is 0.664. The Bertz CT molecular complexity index is 1310. The highest BCUT2D eigenvalue weighted by atomic mass is 19.3. The molecule has 2 amide bonds. The Morgan fingerprint density at radius 1 is 1.05 bits per heavy atom. The van der Waals surface area contributed by atoms with Gasteiger partial charge in [0.1, 0.15) is 17.7 Å². The summed E-state index contributed by atoms with van der Waals surface area (Å²) in [5, 5.41) is 11.8. The van der Waals surface area contributed by atoms with E-state index in [1.54, 1.807) is 39.1 Å². The van der Waals surface area contributed by atoms with Gasteiger partial charge < -0.3 is 39.3 Å². The van der Waals surface area contributed by atoms with Crippen LogP contribution in [0.25, 0.3) is 11.5 Å².